The third-order valence-electron chi connectivity index (χ3n) is 1.84. The Morgan fingerprint density at radius 1 is 1.53 bits per heavy atom. The standard InChI is InChI=1S/C9H16N2O3S/c1-8-6-9(14-11-8)7-10-4-3-5-15(2,12)13/h6,10H,3-5,7H2,1-2H3. The molecule has 1 aromatic heterocycles. The highest BCUT2D eigenvalue weighted by Crippen LogP contribution is 2.00. The first kappa shape index (κ1) is 12.2. The van der Waals surface area contributed by atoms with E-state index in [2.05, 4.69) is 10.5 Å². The molecule has 6 heteroatoms. The van der Waals surface area contributed by atoms with Crippen molar-refractivity contribution < 1.29 is 12.9 Å². The highest BCUT2D eigenvalue weighted by Gasteiger charge is 2.02. The fourth-order valence-electron chi connectivity index (χ4n) is 1.17. The van der Waals surface area contributed by atoms with Crippen LogP contribution in [0.5, 0.6) is 0 Å². The van der Waals surface area contributed by atoms with Crippen molar-refractivity contribution in [2.45, 2.75) is 19.9 Å². The molecule has 0 aliphatic heterocycles. The van der Waals surface area contributed by atoms with Crippen LogP contribution in [0.4, 0.5) is 0 Å². The molecular formula is C9H16N2O3S. The van der Waals surface area contributed by atoms with Gasteiger partial charge in [0.05, 0.1) is 18.0 Å². The maximum Gasteiger partial charge on any atom is 0.150 e. The Balaban J connectivity index is 2.12. The summed E-state index contributed by atoms with van der Waals surface area (Å²) < 4.78 is 26.6. The van der Waals surface area contributed by atoms with Crippen molar-refractivity contribution in [1.82, 2.24) is 10.5 Å². The average molecular weight is 232 g/mol. The molecule has 0 bridgehead atoms. The maximum atomic E-state index is 10.8. The Kier molecular flexibility index (Phi) is 4.28. The molecule has 0 aromatic carbocycles. The minimum absolute atomic E-state index is 0.218. The number of hydrogen-bond acceptors (Lipinski definition) is 5. The Morgan fingerprint density at radius 2 is 2.27 bits per heavy atom. The normalized spacial score (nSPS) is 11.9. The average Bonchev–Trinajstić information content (AvgIpc) is 2.49. The second-order valence-corrected chi connectivity index (χ2v) is 5.85. The van der Waals surface area contributed by atoms with Gasteiger partial charge in [0.15, 0.2) is 5.76 Å². The van der Waals surface area contributed by atoms with Crippen LogP contribution in [0.3, 0.4) is 0 Å². The number of nitrogens with zero attached hydrogens (tertiary/aromatic N) is 1. The molecule has 0 saturated heterocycles. The third-order valence-corrected chi connectivity index (χ3v) is 2.87. The number of hydrogen-bond donors (Lipinski definition) is 1. The fourth-order valence-corrected chi connectivity index (χ4v) is 1.84. The van der Waals surface area contributed by atoms with Gasteiger partial charge in [-0.3, -0.25) is 0 Å². The quantitative estimate of drug-likeness (QED) is 0.723. The first-order valence-corrected chi connectivity index (χ1v) is 6.84. The largest absolute Gasteiger partial charge is 0.360 e. The van der Waals surface area contributed by atoms with E-state index in [4.69, 9.17) is 4.52 Å². The van der Waals surface area contributed by atoms with Crippen molar-refractivity contribution in [1.29, 1.82) is 0 Å². The Morgan fingerprint density at radius 3 is 2.80 bits per heavy atom. The van der Waals surface area contributed by atoms with Gasteiger partial charge in [-0.25, -0.2) is 8.42 Å². The Hall–Kier alpha value is -0.880. The van der Waals surface area contributed by atoms with E-state index in [1.807, 2.05) is 13.0 Å². The summed E-state index contributed by atoms with van der Waals surface area (Å²) in [6, 6.07) is 1.85. The molecular weight excluding hydrogens is 216 g/mol. The first-order chi connectivity index (χ1) is 6.97. The predicted molar refractivity (Wildman–Crippen MR) is 57.3 cm³/mol. The summed E-state index contributed by atoms with van der Waals surface area (Å²) >= 11 is 0. The van der Waals surface area contributed by atoms with Gasteiger partial charge in [-0.2, -0.15) is 0 Å². The van der Waals surface area contributed by atoms with Crippen LogP contribution in [0, 0.1) is 6.92 Å². The fraction of sp³-hybridized carbons (Fsp3) is 0.667. The van der Waals surface area contributed by atoms with Crippen LogP contribution in [-0.4, -0.2) is 32.1 Å². The lowest BCUT2D eigenvalue weighted by Gasteiger charge is -2.00. The summed E-state index contributed by atoms with van der Waals surface area (Å²) in [5, 5.41) is 6.83. The minimum atomic E-state index is -2.84. The SMILES string of the molecule is Cc1cc(CNCCCS(C)(=O)=O)on1. The third kappa shape index (κ3) is 5.54. The van der Waals surface area contributed by atoms with Crippen molar-refractivity contribution in [3.05, 3.63) is 17.5 Å². The molecule has 0 unspecified atom stereocenters. The van der Waals surface area contributed by atoms with E-state index in [0.29, 0.717) is 19.5 Å². The van der Waals surface area contributed by atoms with Crippen molar-refractivity contribution in [3.63, 3.8) is 0 Å². The maximum absolute atomic E-state index is 10.8. The smallest absolute Gasteiger partial charge is 0.150 e. The Labute approximate surface area is 89.8 Å². The molecule has 0 atom stereocenters. The van der Waals surface area contributed by atoms with Crippen molar-refractivity contribution in [2.24, 2.45) is 0 Å². The van der Waals surface area contributed by atoms with E-state index in [0.717, 1.165) is 11.5 Å². The minimum Gasteiger partial charge on any atom is -0.360 e. The van der Waals surface area contributed by atoms with E-state index in [1.165, 1.54) is 6.26 Å². The number of sulfone groups is 1. The van der Waals surface area contributed by atoms with Crippen LogP contribution in [-0.2, 0) is 16.4 Å². The molecule has 1 N–H and O–H groups in total. The van der Waals surface area contributed by atoms with Gasteiger partial charge in [0.1, 0.15) is 9.84 Å². The van der Waals surface area contributed by atoms with Crippen molar-refractivity contribution in [3.8, 4) is 0 Å². The van der Waals surface area contributed by atoms with Gasteiger partial charge in [-0.1, -0.05) is 5.16 Å². The zero-order valence-corrected chi connectivity index (χ0v) is 9.80. The lowest BCUT2D eigenvalue weighted by molar-refractivity contribution is 0.370. The molecule has 1 heterocycles. The molecule has 0 fully saturated rings. The molecule has 5 nitrogen and oxygen atoms in total. The summed E-state index contributed by atoms with van der Waals surface area (Å²) in [4.78, 5) is 0. The van der Waals surface area contributed by atoms with Crippen LogP contribution in [0.2, 0.25) is 0 Å². The zero-order valence-electron chi connectivity index (χ0n) is 8.99. The molecule has 0 radical (unpaired) electrons. The Bertz CT molecular complexity index is 397. The highest BCUT2D eigenvalue weighted by atomic mass is 32.2. The molecule has 1 rings (SSSR count). The van der Waals surface area contributed by atoms with Gasteiger partial charge in [-0.05, 0) is 19.9 Å². The molecule has 0 saturated carbocycles. The van der Waals surface area contributed by atoms with Gasteiger partial charge in [0, 0.05) is 12.3 Å². The predicted octanol–water partition coefficient (Wildman–Crippen LogP) is 0.507. The first-order valence-electron chi connectivity index (χ1n) is 4.78. The molecule has 0 spiro atoms. The van der Waals surface area contributed by atoms with Crippen LogP contribution < -0.4 is 5.32 Å². The summed E-state index contributed by atoms with van der Waals surface area (Å²) in [5.74, 6) is 0.988. The summed E-state index contributed by atoms with van der Waals surface area (Å²) in [6.07, 6.45) is 1.86. The van der Waals surface area contributed by atoms with Gasteiger partial charge < -0.3 is 9.84 Å². The van der Waals surface area contributed by atoms with Crippen molar-refractivity contribution in [2.75, 3.05) is 18.6 Å². The lowest BCUT2D eigenvalue weighted by Crippen LogP contribution is -2.17. The lowest BCUT2D eigenvalue weighted by atomic mass is 10.4. The number of aryl methyl sites for hydroxylation is 1. The molecule has 86 valence electrons. The van der Waals surface area contributed by atoms with Gasteiger partial charge >= 0.3 is 0 Å². The molecule has 0 amide bonds. The number of nitrogens with one attached hydrogen (secondary N) is 1. The van der Waals surface area contributed by atoms with E-state index in [1.54, 1.807) is 0 Å². The summed E-state index contributed by atoms with van der Waals surface area (Å²) in [6.45, 7) is 3.11. The zero-order chi connectivity index (χ0) is 11.3. The monoisotopic (exact) mass is 232 g/mol. The van der Waals surface area contributed by atoms with E-state index < -0.39 is 9.84 Å². The van der Waals surface area contributed by atoms with Crippen LogP contribution in [0.25, 0.3) is 0 Å². The molecule has 1 aromatic rings. The molecule has 0 aliphatic carbocycles. The molecule has 0 aliphatic rings. The topological polar surface area (TPSA) is 72.2 Å². The van der Waals surface area contributed by atoms with Gasteiger partial charge in [0.2, 0.25) is 0 Å². The number of aromatic nitrogens is 1. The van der Waals surface area contributed by atoms with Crippen LogP contribution in [0.1, 0.15) is 17.9 Å². The van der Waals surface area contributed by atoms with E-state index >= 15 is 0 Å². The highest BCUT2D eigenvalue weighted by molar-refractivity contribution is 7.90. The van der Waals surface area contributed by atoms with Crippen molar-refractivity contribution >= 4 is 9.84 Å². The van der Waals surface area contributed by atoms with Crippen LogP contribution >= 0.6 is 0 Å². The number of rotatable bonds is 6. The summed E-state index contributed by atoms with van der Waals surface area (Å²) in [5.41, 5.74) is 0.850. The van der Waals surface area contributed by atoms with Crippen LogP contribution in [0.15, 0.2) is 10.6 Å². The second-order valence-electron chi connectivity index (χ2n) is 3.59. The van der Waals surface area contributed by atoms with Gasteiger partial charge in [0.25, 0.3) is 0 Å². The molecule has 15 heavy (non-hydrogen) atoms. The second kappa shape index (κ2) is 5.27. The van der Waals surface area contributed by atoms with E-state index in [9.17, 15) is 8.42 Å². The van der Waals surface area contributed by atoms with Gasteiger partial charge in [-0.15, -0.1) is 0 Å². The summed E-state index contributed by atoms with van der Waals surface area (Å²) in [7, 11) is -2.84. The van der Waals surface area contributed by atoms with E-state index in [-0.39, 0.29) is 5.75 Å².